The highest BCUT2D eigenvalue weighted by atomic mass is 16.5. The fourth-order valence-corrected chi connectivity index (χ4v) is 3.48. The van der Waals surface area contributed by atoms with Crippen molar-refractivity contribution in [2.45, 2.75) is 64.1 Å². The van der Waals surface area contributed by atoms with Crippen LogP contribution in [0.4, 0.5) is 5.82 Å². The third kappa shape index (κ3) is 3.46. The Balaban J connectivity index is 1.79. The van der Waals surface area contributed by atoms with Crippen LogP contribution in [0.5, 0.6) is 5.88 Å². The van der Waals surface area contributed by atoms with Crippen molar-refractivity contribution >= 4 is 5.82 Å². The maximum Gasteiger partial charge on any atom is 0.234 e. The van der Waals surface area contributed by atoms with Crippen molar-refractivity contribution in [3.8, 4) is 5.88 Å². The molecule has 1 aromatic rings. The average Bonchev–Trinajstić information content (AvgIpc) is 3.01. The first kappa shape index (κ1) is 14.6. The summed E-state index contributed by atoms with van der Waals surface area (Å²) in [6.07, 6.45) is 10.1. The molecule has 0 saturated carbocycles. The van der Waals surface area contributed by atoms with E-state index in [1.54, 1.807) is 6.20 Å². The monoisotopic (exact) mass is 290 g/mol. The number of piperidine rings is 1. The molecular weight excluding hydrogens is 264 g/mol. The van der Waals surface area contributed by atoms with E-state index in [1.807, 2.05) is 20.0 Å². The lowest BCUT2D eigenvalue weighted by Gasteiger charge is -2.40. The first-order valence-electron chi connectivity index (χ1n) is 8.23. The molecule has 5 heteroatoms. The van der Waals surface area contributed by atoms with Crippen LogP contribution in [0, 0.1) is 0 Å². The number of aromatic nitrogens is 2. The maximum absolute atomic E-state index is 5.69. The van der Waals surface area contributed by atoms with E-state index in [9.17, 15) is 0 Å². The Morgan fingerprint density at radius 1 is 1.24 bits per heavy atom. The molecule has 2 aliphatic heterocycles. The van der Waals surface area contributed by atoms with E-state index in [4.69, 9.17) is 4.74 Å². The van der Waals surface area contributed by atoms with Gasteiger partial charge in [0.1, 0.15) is 0 Å². The molecule has 1 aromatic heterocycles. The number of anilines is 1. The number of rotatable bonds is 4. The van der Waals surface area contributed by atoms with Gasteiger partial charge in [0.2, 0.25) is 5.88 Å². The molecule has 3 heterocycles. The molecule has 2 atom stereocenters. The van der Waals surface area contributed by atoms with Crippen molar-refractivity contribution in [2.24, 2.45) is 0 Å². The van der Waals surface area contributed by atoms with Gasteiger partial charge in [-0.2, -0.15) is 4.98 Å². The molecule has 2 aliphatic rings. The summed E-state index contributed by atoms with van der Waals surface area (Å²) in [5, 5.41) is 3.65. The summed E-state index contributed by atoms with van der Waals surface area (Å²) >= 11 is 0. The highest BCUT2D eigenvalue weighted by Gasteiger charge is 2.32. The van der Waals surface area contributed by atoms with Crippen molar-refractivity contribution in [1.82, 2.24) is 15.3 Å². The van der Waals surface area contributed by atoms with Gasteiger partial charge in [-0.15, -0.1) is 0 Å². The summed E-state index contributed by atoms with van der Waals surface area (Å²) in [6.45, 7) is 6.25. The van der Waals surface area contributed by atoms with E-state index in [-0.39, 0.29) is 6.10 Å². The Bertz CT molecular complexity index is 459. The largest absolute Gasteiger partial charge is 0.474 e. The van der Waals surface area contributed by atoms with Gasteiger partial charge in [0.15, 0.2) is 5.82 Å². The van der Waals surface area contributed by atoms with Crippen molar-refractivity contribution in [2.75, 3.05) is 18.0 Å². The molecule has 0 spiro atoms. The van der Waals surface area contributed by atoms with E-state index >= 15 is 0 Å². The molecule has 5 nitrogen and oxygen atoms in total. The van der Waals surface area contributed by atoms with Crippen LogP contribution in [-0.4, -0.2) is 41.2 Å². The van der Waals surface area contributed by atoms with Gasteiger partial charge in [0.05, 0.1) is 18.5 Å². The summed E-state index contributed by atoms with van der Waals surface area (Å²) in [6, 6.07) is 1.15. The predicted octanol–water partition coefficient (Wildman–Crippen LogP) is 2.37. The summed E-state index contributed by atoms with van der Waals surface area (Å²) in [4.78, 5) is 11.4. The van der Waals surface area contributed by atoms with E-state index in [1.165, 1.54) is 32.1 Å². The van der Waals surface area contributed by atoms with Crippen LogP contribution in [0.2, 0.25) is 0 Å². The molecule has 21 heavy (non-hydrogen) atoms. The molecule has 1 N–H and O–H groups in total. The molecule has 0 radical (unpaired) electrons. The van der Waals surface area contributed by atoms with Crippen molar-refractivity contribution < 1.29 is 4.74 Å². The lowest BCUT2D eigenvalue weighted by atomic mass is 9.94. The van der Waals surface area contributed by atoms with Crippen LogP contribution in [-0.2, 0) is 0 Å². The second kappa shape index (κ2) is 6.60. The second-order valence-corrected chi connectivity index (χ2v) is 6.34. The van der Waals surface area contributed by atoms with E-state index in [0.29, 0.717) is 18.0 Å². The quantitative estimate of drug-likeness (QED) is 0.922. The highest BCUT2D eigenvalue weighted by Crippen LogP contribution is 2.28. The van der Waals surface area contributed by atoms with Crippen molar-refractivity contribution in [3.05, 3.63) is 12.4 Å². The van der Waals surface area contributed by atoms with E-state index < -0.39 is 0 Å². The van der Waals surface area contributed by atoms with Crippen LogP contribution in [0.3, 0.4) is 0 Å². The zero-order valence-corrected chi connectivity index (χ0v) is 13.1. The van der Waals surface area contributed by atoms with Gasteiger partial charge < -0.3 is 15.0 Å². The smallest absolute Gasteiger partial charge is 0.234 e. The molecule has 116 valence electrons. The van der Waals surface area contributed by atoms with Gasteiger partial charge in [-0.1, -0.05) is 0 Å². The molecule has 0 bridgehead atoms. The summed E-state index contributed by atoms with van der Waals surface area (Å²) in [5.41, 5.74) is 0. The normalized spacial score (nSPS) is 26.3. The summed E-state index contributed by atoms with van der Waals surface area (Å²) in [7, 11) is 0. The van der Waals surface area contributed by atoms with Gasteiger partial charge in [-0.3, -0.25) is 4.98 Å². The molecular formula is C16H26N4O. The lowest BCUT2D eigenvalue weighted by molar-refractivity contribution is 0.231. The van der Waals surface area contributed by atoms with Crippen LogP contribution in [0.1, 0.15) is 46.0 Å². The molecule has 2 unspecified atom stereocenters. The van der Waals surface area contributed by atoms with Gasteiger partial charge in [0, 0.05) is 18.6 Å². The van der Waals surface area contributed by atoms with Gasteiger partial charge >= 0.3 is 0 Å². The van der Waals surface area contributed by atoms with Crippen molar-refractivity contribution in [1.29, 1.82) is 0 Å². The first-order valence-corrected chi connectivity index (χ1v) is 8.23. The van der Waals surface area contributed by atoms with Gasteiger partial charge in [0.25, 0.3) is 0 Å². The lowest BCUT2D eigenvalue weighted by Crippen LogP contribution is -2.50. The standard InChI is InChI=1S/C16H26N4O/c1-12(2)21-16-11-17-10-15(19-16)20-9-4-3-7-14(20)13-6-5-8-18-13/h10-14,18H,3-9H2,1-2H3. The third-order valence-electron chi connectivity index (χ3n) is 4.36. The molecule has 0 amide bonds. The van der Waals surface area contributed by atoms with Crippen LogP contribution >= 0.6 is 0 Å². The summed E-state index contributed by atoms with van der Waals surface area (Å²) < 4.78 is 5.69. The number of nitrogens with zero attached hydrogens (tertiary/aromatic N) is 3. The Labute approximate surface area is 127 Å². The zero-order valence-electron chi connectivity index (χ0n) is 13.1. The minimum Gasteiger partial charge on any atom is -0.474 e. The minimum atomic E-state index is 0.128. The minimum absolute atomic E-state index is 0.128. The zero-order chi connectivity index (χ0) is 14.7. The maximum atomic E-state index is 5.69. The summed E-state index contributed by atoms with van der Waals surface area (Å²) in [5.74, 6) is 1.60. The Kier molecular flexibility index (Phi) is 4.58. The van der Waals surface area contributed by atoms with E-state index in [2.05, 4.69) is 20.2 Å². The molecule has 2 saturated heterocycles. The van der Waals surface area contributed by atoms with Gasteiger partial charge in [-0.05, 0) is 52.5 Å². The molecule has 0 aromatic carbocycles. The second-order valence-electron chi connectivity index (χ2n) is 6.34. The molecule has 0 aliphatic carbocycles. The fraction of sp³-hybridized carbons (Fsp3) is 0.750. The van der Waals surface area contributed by atoms with Crippen LogP contribution in [0.15, 0.2) is 12.4 Å². The SMILES string of the molecule is CC(C)Oc1cncc(N2CCCCC2C2CCCN2)n1. The van der Waals surface area contributed by atoms with Crippen LogP contribution < -0.4 is 15.0 Å². The molecule has 2 fully saturated rings. The van der Waals surface area contributed by atoms with Crippen molar-refractivity contribution in [3.63, 3.8) is 0 Å². The Hall–Kier alpha value is -1.36. The number of hydrogen-bond donors (Lipinski definition) is 1. The number of hydrogen-bond acceptors (Lipinski definition) is 5. The van der Waals surface area contributed by atoms with Gasteiger partial charge in [-0.25, -0.2) is 0 Å². The predicted molar refractivity (Wildman–Crippen MR) is 83.8 cm³/mol. The number of ether oxygens (including phenoxy) is 1. The first-order chi connectivity index (χ1) is 10.2. The Morgan fingerprint density at radius 3 is 2.90 bits per heavy atom. The van der Waals surface area contributed by atoms with Crippen LogP contribution in [0.25, 0.3) is 0 Å². The van der Waals surface area contributed by atoms with E-state index in [0.717, 1.165) is 18.9 Å². The highest BCUT2D eigenvalue weighted by molar-refractivity contribution is 5.40. The average molecular weight is 290 g/mol. The number of nitrogens with one attached hydrogen (secondary N) is 1. The third-order valence-corrected chi connectivity index (χ3v) is 4.36. The molecule has 3 rings (SSSR count). The Morgan fingerprint density at radius 2 is 2.14 bits per heavy atom. The topological polar surface area (TPSA) is 50.3 Å². The fourth-order valence-electron chi connectivity index (χ4n) is 3.48.